The molecule has 41 heavy (non-hydrogen) atoms. The van der Waals surface area contributed by atoms with Gasteiger partial charge in [0.05, 0.1) is 17.1 Å². The largest absolute Gasteiger partial charge is 0.481 e. The van der Waals surface area contributed by atoms with Crippen LogP contribution in [0.4, 0.5) is 14.6 Å². The molecular weight excluding hydrogens is 522 g/mol. The van der Waals surface area contributed by atoms with Crippen LogP contribution < -0.4 is 5.32 Å². The zero-order chi connectivity index (χ0) is 28.1. The van der Waals surface area contributed by atoms with E-state index in [0.717, 1.165) is 48.4 Å². The van der Waals surface area contributed by atoms with Gasteiger partial charge in [0.25, 0.3) is 0 Å². The van der Waals surface area contributed by atoms with E-state index in [4.69, 9.17) is 9.97 Å². The Balaban J connectivity index is 1.40. The first-order chi connectivity index (χ1) is 20.0. The smallest absolute Gasteiger partial charge is 0.308 e. The first-order valence-corrected chi connectivity index (χ1v) is 14.0. The van der Waals surface area contributed by atoms with Gasteiger partial charge in [-0.3, -0.25) is 4.79 Å². The summed E-state index contributed by atoms with van der Waals surface area (Å²) in [6.07, 6.45) is 5.40. The second-order valence-corrected chi connectivity index (χ2v) is 11.1. The molecule has 0 amide bonds. The molecule has 5 aromatic rings. The summed E-state index contributed by atoms with van der Waals surface area (Å²) in [5.74, 6) is -1.54. The molecule has 8 rings (SSSR count). The lowest BCUT2D eigenvalue weighted by Gasteiger charge is -2.47. The van der Waals surface area contributed by atoms with E-state index in [2.05, 4.69) is 10.3 Å². The van der Waals surface area contributed by atoms with E-state index in [9.17, 15) is 18.7 Å². The van der Waals surface area contributed by atoms with Gasteiger partial charge in [0.2, 0.25) is 0 Å². The number of nitrogens with zero attached hydrogens (tertiary/aromatic N) is 2. The highest BCUT2D eigenvalue weighted by Crippen LogP contribution is 2.46. The normalized spacial score (nSPS) is 21.7. The van der Waals surface area contributed by atoms with E-state index in [1.807, 2.05) is 60.7 Å². The number of anilines is 1. The van der Waals surface area contributed by atoms with Crippen LogP contribution in [0.15, 0.2) is 79.0 Å². The number of hydrogen-bond acceptors (Lipinski definition) is 4. The van der Waals surface area contributed by atoms with E-state index in [0.29, 0.717) is 22.5 Å². The van der Waals surface area contributed by atoms with Crippen LogP contribution in [0.3, 0.4) is 0 Å². The maximum absolute atomic E-state index is 14.6. The average Bonchev–Trinajstić information content (AvgIpc) is 3.42. The number of carboxylic acids is 1. The maximum Gasteiger partial charge on any atom is 0.308 e. The standard InChI is InChI=1S/C33H28F2N4O2/c34-21-14-24-25(17-36-31(24)26(35)15-21)32-37-27(23-9-5-4-8-22(23)18-6-2-1-3-7-18)16-28(39-32)38-30-20-12-10-19(11-13-20)29(30)33(40)41/h1-9,14-17,19-20,29-30,36H,10-13H2,(H,40,41)(H,37,38,39)/t19?,20?,29-,30-/m1/s1. The van der Waals surface area contributed by atoms with Crippen LogP contribution in [-0.4, -0.2) is 32.1 Å². The van der Waals surface area contributed by atoms with Gasteiger partial charge >= 0.3 is 5.97 Å². The number of aromatic amines is 1. The molecule has 3 aliphatic rings. The van der Waals surface area contributed by atoms with Gasteiger partial charge in [-0.25, -0.2) is 18.7 Å². The van der Waals surface area contributed by atoms with Gasteiger partial charge in [-0.1, -0.05) is 54.6 Å². The summed E-state index contributed by atoms with van der Waals surface area (Å²) < 4.78 is 28.9. The van der Waals surface area contributed by atoms with Crippen LogP contribution in [0.25, 0.3) is 44.7 Å². The molecule has 3 aliphatic carbocycles. The molecule has 2 aromatic heterocycles. The monoisotopic (exact) mass is 550 g/mol. The molecule has 2 bridgehead atoms. The average molecular weight is 551 g/mol. The van der Waals surface area contributed by atoms with Crippen molar-refractivity contribution >= 4 is 22.7 Å². The Morgan fingerprint density at radius 1 is 0.854 bits per heavy atom. The summed E-state index contributed by atoms with van der Waals surface area (Å²) in [6.45, 7) is 0. The number of H-pyrrole nitrogens is 1. The maximum atomic E-state index is 14.6. The van der Waals surface area contributed by atoms with Crippen molar-refractivity contribution in [3.8, 4) is 33.8 Å². The minimum absolute atomic E-state index is 0.133. The molecule has 0 unspecified atom stereocenters. The van der Waals surface area contributed by atoms with Crippen molar-refractivity contribution in [1.29, 1.82) is 0 Å². The van der Waals surface area contributed by atoms with Gasteiger partial charge in [-0.15, -0.1) is 0 Å². The molecule has 8 heteroatoms. The lowest BCUT2D eigenvalue weighted by atomic mass is 9.61. The summed E-state index contributed by atoms with van der Waals surface area (Å²) >= 11 is 0. The van der Waals surface area contributed by atoms with E-state index < -0.39 is 23.5 Å². The lowest BCUT2D eigenvalue weighted by Crippen LogP contribution is -2.51. The molecule has 3 aromatic carbocycles. The number of aromatic nitrogens is 3. The van der Waals surface area contributed by atoms with Crippen molar-refractivity contribution in [1.82, 2.24) is 15.0 Å². The zero-order valence-electron chi connectivity index (χ0n) is 22.1. The third kappa shape index (κ3) is 4.53. The third-order valence-electron chi connectivity index (χ3n) is 8.78. The molecule has 3 fully saturated rings. The predicted molar refractivity (Wildman–Crippen MR) is 154 cm³/mol. The Morgan fingerprint density at radius 3 is 2.32 bits per heavy atom. The molecule has 2 heterocycles. The van der Waals surface area contributed by atoms with Crippen LogP contribution in [0, 0.1) is 29.4 Å². The van der Waals surface area contributed by atoms with Gasteiger partial charge in [-0.05, 0) is 54.7 Å². The highest BCUT2D eigenvalue weighted by atomic mass is 19.1. The summed E-state index contributed by atoms with van der Waals surface area (Å²) in [6, 6.07) is 21.6. The zero-order valence-corrected chi connectivity index (χ0v) is 22.1. The molecule has 0 radical (unpaired) electrons. The van der Waals surface area contributed by atoms with Gasteiger partial charge < -0.3 is 15.4 Å². The van der Waals surface area contributed by atoms with Crippen LogP contribution in [0.1, 0.15) is 25.7 Å². The van der Waals surface area contributed by atoms with E-state index >= 15 is 0 Å². The molecule has 6 nitrogen and oxygen atoms in total. The summed E-state index contributed by atoms with van der Waals surface area (Å²) in [5, 5.41) is 14.0. The molecular formula is C33H28F2N4O2. The predicted octanol–water partition coefficient (Wildman–Crippen LogP) is 7.54. The number of aliphatic carboxylic acids is 1. The second kappa shape index (κ2) is 10.1. The van der Waals surface area contributed by atoms with E-state index in [1.165, 1.54) is 6.07 Å². The number of benzene rings is 3. The van der Waals surface area contributed by atoms with E-state index in [1.54, 1.807) is 6.20 Å². The first-order valence-electron chi connectivity index (χ1n) is 14.0. The Bertz CT molecular complexity index is 1760. The minimum atomic E-state index is -0.789. The Labute approximate surface area is 235 Å². The summed E-state index contributed by atoms with van der Waals surface area (Å²) in [5.41, 5.74) is 4.11. The quantitative estimate of drug-likeness (QED) is 0.203. The fraction of sp³-hybridized carbons (Fsp3) is 0.242. The molecule has 3 saturated carbocycles. The molecule has 206 valence electrons. The van der Waals surface area contributed by atoms with Crippen LogP contribution >= 0.6 is 0 Å². The number of carbonyl (C=O) groups is 1. The van der Waals surface area contributed by atoms with Gasteiger partial charge in [0, 0.05) is 40.9 Å². The van der Waals surface area contributed by atoms with Crippen molar-refractivity contribution in [2.75, 3.05) is 5.32 Å². The molecule has 2 atom stereocenters. The lowest BCUT2D eigenvalue weighted by molar-refractivity contribution is -0.148. The fourth-order valence-electron chi connectivity index (χ4n) is 6.88. The Morgan fingerprint density at radius 2 is 1.56 bits per heavy atom. The van der Waals surface area contributed by atoms with Crippen molar-refractivity contribution in [2.24, 2.45) is 17.8 Å². The number of hydrogen-bond donors (Lipinski definition) is 3. The Kier molecular flexibility index (Phi) is 6.26. The van der Waals surface area contributed by atoms with Gasteiger partial charge in [-0.2, -0.15) is 0 Å². The molecule has 0 aliphatic heterocycles. The van der Waals surface area contributed by atoms with Gasteiger partial charge in [0.15, 0.2) is 5.82 Å². The van der Waals surface area contributed by atoms with Crippen LogP contribution in [0.2, 0.25) is 0 Å². The number of nitrogens with one attached hydrogen (secondary N) is 2. The minimum Gasteiger partial charge on any atom is -0.481 e. The number of carboxylic acid groups (broad SMARTS) is 1. The topological polar surface area (TPSA) is 90.9 Å². The van der Waals surface area contributed by atoms with Gasteiger partial charge in [0.1, 0.15) is 17.5 Å². The Hall–Kier alpha value is -4.59. The van der Waals surface area contributed by atoms with Crippen molar-refractivity contribution in [3.63, 3.8) is 0 Å². The van der Waals surface area contributed by atoms with Crippen molar-refractivity contribution < 1.29 is 18.7 Å². The third-order valence-corrected chi connectivity index (χ3v) is 8.78. The molecule has 3 N–H and O–H groups in total. The van der Waals surface area contributed by atoms with E-state index in [-0.39, 0.29) is 29.2 Å². The molecule has 0 spiro atoms. The highest BCUT2D eigenvalue weighted by Gasteiger charge is 2.47. The first kappa shape index (κ1) is 25.4. The van der Waals surface area contributed by atoms with Crippen molar-refractivity contribution in [2.45, 2.75) is 31.7 Å². The van der Waals surface area contributed by atoms with Crippen LogP contribution in [-0.2, 0) is 4.79 Å². The number of fused-ring (bicyclic) bond motifs is 4. The summed E-state index contributed by atoms with van der Waals surface area (Å²) in [7, 11) is 0. The number of rotatable bonds is 6. The van der Waals surface area contributed by atoms with Crippen LogP contribution in [0.5, 0.6) is 0 Å². The number of halogens is 2. The SMILES string of the molecule is O=C(O)[C@@H]1C2CCC(CC2)[C@H]1Nc1cc(-c2ccccc2-c2ccccc2)nc(-c2c[nH]c3c(F)cc(F)cc23)n1. The summed E-state index contributed by atoms with van der Waals surface area (Å²) in [4.78, 5) is 25.0. The highest BCUT2D eigenvalue weighted by molar-refractivity contribution is 5.95. The molecule has 0 saturated heterocycles. The second-order valence-electron chi connectivity index (χ2n) is 11.1. The fourth-order valence-corrected chi connectivity index (χ4v) is 6.88. The van der Waals surface area contributed by atoms with Crippen molar-refractivity contribution in [3.05, 3.63) is 90.6 Å².